The molecule has 0 saturated heterocycles. The van der Waals surface area contributed by atoms with Gasteiger partial charge in [-0.05, 0) is 5.92 Å². The van der Waals surface area contributed by atoms with Crippen molar-refractivity contribution in [3.8, 4) is 0 Å². The van der Waals surface area contributed by atoms with Crippen molar-refractivity contribution in [2.45, 2.75) is 90.2 Å². The fourth-order valence-electron chi connectivity index (χ4n) is 3.75. The summed E-state index contributed by atoms with van der Waals surface area (Å²) in [7, 11) is 1.37. The zero-order chi connectivity index (χ0) is 12.2. The van der Waals surface area contributed by atoms with Gasteiger partial charge in [-0.25, -0.2) is 0 Å². The predicted molar refractivity (Wildman–Crippen MR) is 76.7 cm³/mol. The summed E-state index contributed by atoms with van der Waals surface area (Å²) in [5.41, 5.74) is 0. The smallest absolute Gasteiger partial charge is 0.0671 e. The van der Waals surface area contributed by atoms with Gasteiger partial charge in [-0.3, -0.25) is 0 Å². The van der Waals surface area contributed by atoms with Crippen molar-refractivity contribution in [1.29, 1.82) is 0 Å². The Bertz CT molecular complexity index is 192. The first-order valence-corrected chi connectivity index (χ1v) is 7.31. The SMILES string of the molecule is CC(C)(C)BC(C)(C)C1CCCCCCC1. The van der Waals surface area contributed by atoms with E-state index in [0.717, 1.165) is 5.92 Å². The molecule has 0 unspecified atom stereocenters. The van der Waals surface area contributed by atoms with E-state index in [-0.39, 0.29) is 0 Å². The van der Waals surface area contributed by atoms with Gasteiger partial charge in [-0.15, -0.1) is 0 Å². The Morgan fingerprint density at radius 1 is 0.750 bits per heavy atom. The van der Waals surface area contributed by atoms with Crippen LogP contribution in [0.25, 0.3) is 0 Å². The summed E-state index contributed by atoms with van der Waals surface area (Å²) in [6.07, 6.45) is 10.3. The maximum Gasteiger partial charge on any atom is 0.134 e. The molecule has 1 saturated carbocycles. The third kappa shape index (κ3) is 4.93. The first-order valence-electron chi connectivity index (χ1n) is 7.31. The lowest BCUT2D eigenvalue weighted by molar-refractivity contribution is 0.304. The molecule has 0 aromatic rings. The largest absolute Gasteiger partial charge is 0.134 e. The molecular weight excluding hydrogens is 191 g/mol. The molecule has 0 radical (unpaired) electrons. The second-order valence-corrected chi connectivity index (χ2v) is 7.77. The van der Waals surface area contributed by atoms with Crippen molar-refractivity contribution in [1.82, 2.24) is 0 Å². The molecule has 0 nitrogen and oxygen atoms in total. The van der Waals surface area contributed by atoms with Gasteiger partial charge in [0.15, 0.2) is 0 Å². The van der Waals surface area contributed by atoms with Crippen LogP contribution in [0.2, 0.25) is 10.6 Å². The summed E-state index contributed by atoms with van der Waals surface area (Å²) in [5, 5.41) is 1.02. The van der Waals surface area contributed by atoms with Crippen molar-refractivity contribution < 1.29 is 0 Å². The van der Waals surface area contributed by atoms with E-state index in [9.17, 15) is 0 Å². The van der Waals surface area contributed by atoms with E-state index < -0.39 is 0 Å². The molecule has 0 N–H and O–H groups in total. The molecule has 1 aliphatic rings. The van der Waals surface area contributed by atoms with Gasteiger partial charge in [-0.2, -0.15) is 0 Å². The highest BCUT2D eigenvalue weighted by Gasteiger charge is 2.34. The molecule has 0 heterocycles. The minimum Gasteiger partial charge on any atom is -0.0671 e. The lowest BCUT2D eigenvalue weighted by atomic mass is 9.38. The molecular formula is C15H31B. The van der Waals surface area contributed by atoms with Crippen molar-refractivity contribution in [2.75, 3.05) is 0 Å². The van der Waals surface area contributed by atoms with Crippen LogP contribution in [0.15, 0.2) is 0 Å². The number of hydrogen-bond donors (Lipinski definition) is 0. The molecule has 0 spiro atoms. The zero-order valence-electron chi connectivity index (χ0n) is 12.2. The Kier molecular flexibility index (Phi) is 4.95. The fourth-order valence-corrected chi connectivity index (χ4v) is 3.75. The molecule has 1 fully saturated rings. The predicted octanol–water partition coefficient (Wildman–Crippen LogP) is 5.20. The molecule has 1 rings (SSSR count). The highest BCUT2D eigenvalue weighted by Crippen LogP contribution is 2.46. The van der Waals surface area contributed by atoms with Crippen LogP contribution in [0.4, 0.5) is 0 Å². The lowest BCUT2D eigenvalue weighted by Gasteiger charge is -2.39. The number of rotatable bonds is 2. The van der Waals surface area contributed by atoms with Gasteiger partial charge < -0.3 is 0 Å². The summed E-state index contributed by atoms with van der Waals surface area (Å²) in [4.78, 5) is 0. The van der Waals surface area contributed by atoms with Gasteiger partial charge in [-0.1, -0.05) is 90.2 Å². The third-order valence-corrected chi connectivity index (χ3v) is 4.20. The Labute approximate surface area is 104 Å². The van der Waals surface area contributed by atoms with Gasteiger partial charge in [0.25, 0.3) is 0 Å². The van der Waals surface area contributed by atoms with Crippen LogP contribution in [-0.2, 0) is 0 Å². The van der Waals surface area contributed by atoms with Crippen LogP contribution in [0.3, 0.4) is 0 Å². The third-order valence-electron chi connectivity index (χ3n) is 4.20. The van der Waals surface area contributed by atoms with E-state index in [2.05, 4.69) is 34.6 Å². The summed E-state index contributed by atoms with van der Waals surface area (Å²) in [6.45, 7) is 12.2. The van der Waals surface area contributed by atoms with Crippen LogP contribution in [-0.4, -0.2) is 7.28 Å². The molecule has 0 aliphatic heterocycles. The minimum atomic E-state index is 0.478. The second-order valence-electron chi connectivity index (χ2n) is 7.77. The topological polar surface area (TPSA) is 0 Å². The van der Waals surface area contributed by atoms with Crippen LogP contribution in [0.1, 0.15) is 79.6 Å². The van der Waals surface area contributed by atoms with Gasteiger partial charge in [0.05, 0.1) is 0 Å². The highest BCUT2D eigenvalue weighted by atomic mass is 14.3. The van der Waals surface area contributed by atoms with Gasteiger partial charge in [0.2, 0.25) is 0 Å². The normalized spacial score (nSPS) is 21.3. The molecule has 0 atom stereocenters. The Morgan fingerprint density at radius 3 is 1.62 bits per heavy atom. The van der Waals surface area contributed by atoms with Crippen LogP contribution < -0.4 is 0 Å². The first-order chi connectivity index (χ1) is 7.31. The van der Waals surface area contributed by atoms with Crippen LogP contribution in [0, 0.1) is 5.92 Å². The number of hydrogen-bond acceptors (Lipinski definition) is 0. The zero-order valence-corrected chi connectivity index (χ0v) is 12.2. The van der Waals surface area contributed by atoms with E-state index in [1.165, 1.54) is 52.2 Å². The Balaban J connectivity index is 2.57. The average Bonchev–Trinajstić information content (AvgIpc) is 1.95. The van der Waals surface area contributed by atoms with Crippen LogP contribution in [0.5, 0.6) is 0 Å². The molecule has 16 heavy (non-hydrogen) atoms. The highest BCUT2D eigenvalue weighted by molar-refractivity contribution is 6.43. The Hall–Kier alpha value is 0.0649. The molecule has 94 valence electrons. The Morgan fingerprint density at radius 2 is 1.19 bits per heavy atom. The maximum atomic E-state index is 2.50. The summed E-state index contributed by atoms with van der Waals surface area (Å²) >= 11 is 0. The van der Waals surface area contributed by atoms with E-state index in [4.69, 9.17) is 0 Å². The summed E-state index contributed by atoms with van der Waals surface area (Å²) in [6, 6.07) is 0. The van der Waals surface area contributed by atoms with Gasteiger partial charge >= 0.3 is 0 Å². The monoisotopic (exact) mass is 222 g/mol. The van der Waals surface area contributed by atoms with Crippen molar-refractivity contribution in [2.24, 2.45) is 5.92 Å². The van der Waals surface area contributed by atoms with E-state index >= 15 is 0 Å². The molecule has 1 aliphatic carbocycles. The van der Waals surface area contributed by atoms with Crippen molar-refractivity contribution >= 4 is 7.28 Å². The van der Waals surface area contributed by atoms with Gasteiger partial charge in [0.1, 0.15) is 7.28 Å². The minimum absolute atomic E-state index is 0.478. The standard InChI is InChI=1S/C15H31B/c1-14(2,3)16-15(4,5)13-11-9-7-6-8-10-12-13/h13,16H,6-12H2,1-5H3. The first kappa shape index (κ1) is 14.1. The summed E-state index contributed by atoms with van der Waals surface area (Å²) < 4.78 is 0. The van der Waals surface area contributed by atoms with Crippen LogP contribution >= 0.6 is 0 Å². The quantitative estimate of drug-likeness (QED) is 0.563. The van der Waals surface area contributed by atoms with Gasteiger partial charge in [0, 0.05) is 0 Å². The van der Waals surface area contributed by atoms with E-state index in [1.807, 2.05) is 0 Å². The maximum absolute atomic E-state index is 2.50. The lowest BCUT2D eigenvalue weighted by Crippen LogP contribution is -2.29. The van der Waals surface area contributed by atoms with E-state index in [1.54, 1.807) is 0 Å². The second kappa shape index (κ2) is 5.60. The molecule has 0 aromatic heterocycles. The average molecular weight is 222 g/mol. The van der Waals surface area contributed by atoms with Crippen molar-refractivity contribution in [3.63, 3.8) is 0 Å². The fraction of sp³-hybridized carbons (Fsp3) is 1.00. The van der Waals surface area contributed by atoms with E-state index in [0.29, 0.717) is 10.6 Å². The molecule has 0 amide bonds. The molecule has 0 aromatic carbocycles. The molecule has 0 bridgehead atoms. The molecule has 1 heteroatoms. The van der Waals surface area contributed by atoms with Crippen molar-refractivity contribution in [3.05, 3.63) is 0 Å². The summed E-state index contributed by atoms with van der Waals surface area (Å²) in [5.74, 6) is 0.965.